The van der Waals surface area contributed by atoms with Gasteiger partial charge in [0, 0.05) is 6.07 Å². The lowest BCUT2D eigenvalue weighted by Crippen LogP contribution is -2.36. The standard InChI is InChI=1S/C11H16F3N5O2/c1-5(2)8(9(20)21-3)17-7-4-6(11(12,13)14)16-10(18-7)19-15/h4-5,8H,15H2,1-3H3,(H2,16,17,18,19). The summed E-state index contributed by atoms with van der Waals surface area (Å²) < 4.78 is 42.8. The Morgan fingerprint density at radius 1 is 1.38 bits per heavy atom. The minimum atomic E-state index is -4.66. The number of carbonyl (C=O) groups excluding carboxylic acids is 1. The van der Waals surface area contributed by atoms with Crippen LogP contribution < -0.4 is 16.6 Å². The number of ether oxygens (including phenoxy) is 1. The van der Waals surface area contributed by atoms with E-state index < -0.39 is 29.8 Å². The average molecular weight is 307 g/mol. The van der Waals surface area contributed by atoms with Gasteiger partial charge < -0.3 is 10.1 Å². The first-order valence-electron chi connectivity index (χ1n) is 5.96. The van der Waals surface area contributed by atoms with Crippen LogP contribution in [0.15, 0.2) is 6.07 Å². The number of methoxy groups -OCH3 is 1. The number of hydrogen-bond donors (Lipinski definition) is 3. The van der Waals surface area contributed by atoms with Gasteiger partial charge in [-0.3, -0.25) is 5.43 Å². The van der Waals surface area contributed by atoms with E-state index in [-0.39, 0.29) is 11.7 Å². The Hall–Kier alpha value is -2.10. The maximum atomic E-state index is 12.7. The molecule has 0 amide bonds. The second-order valence-electron chi connectivity index (χ2n) is 4.49. The molecule has 0 saturated heterocycles. The summed E-state index contributed by atoms with van der Waals surface area (Å²) in [5.74, 6) is 3.61. The number of nitrogen functional groups attached to an aromatic ring is 1. The molecule has 1 unspecified atom stereocenters. The summed E-state index contributed by atoms with van der Waals surface area (Å²) >= 11 is 0. The largest absolute Gasteiger partial charge is 0.467 e. The van der Waals surface area contributed by atoms with Crippen LogP contribution in [0.2, 0.25) is 0 Å². The predicted octanol–water partition coefficient (Wildman–Crippen LogP) is 1.39. The molecule has 4 N–H and O–H groups in total. The highest BCUT2D eigenvalue weighted by Crippen LogP contribution is 2.29. The lowest BCUT2D eigenvalue weighted by Gasteiger charge is -2.21. The van der Waals surface area contributed by atoms with Gasteiger partial charge in [0.05, 0.1) is 7.11 Å². The molecular weight excluding hydrogens is 291 g/mol. The minimum Gasteiger partial charge on any atom is -0.467 e. The maximum Gasteiger partial charge on any atom is 0.433 e. The van der Waals surface area contributed by atoms with Crippen molar-refractivity contribution in [2.75, 3.05) is 17.9 Å². The van der Waals surface area contributed by atoms with Gasteiger partial charge in [-0.25, -0.2) is 15.6 Å². The summed E-state index contributed by atoms with van der Waals surface area (Å²) in [5, 5.41) is 2.60. The number of nitrogens with zero attached hydrogens (tertiary/aromatic N) is 2. The smallest absolute Gasteiger partial charge is 0.433 e. The first kappa shape index (κ1) is 17.0. The van der Waals surface area contributed by atoms with Gasteiger partial charge >= 0.3 is 12.1 Å². The summed E-state index contributed by atoms with van der Waals surface area (Å²) in [7, 11) is 1.19. The molecule has 1 atom stereocenters. The molecule has 10 heteroatoms. The van der Waals surface area contributed by atoms with Crippen molar-refractivity contribution >= 4 is 17.7 Å². The number of nitrogens with one attached hydrogen (secondary N) is 2. The molecule has 0 aliphatic rings. The zero-order valence-corrected chi connectivity index (χ0v) is 11.7. The Morgan fingerprint density at radius 2 is 2.00 bits per heavy atom. The number of alkyl halides is 3. The summed E-state index contributed by atoms with van der Waals surface area (Å²) in [5.41, 5.74) is 0.767. The van der Waals surface area contributed by atoms with Crippen molar-refractivity contribution in [3.63, 3.8) is 0 Å². The van der Waals surface area contributed by atoms with Crippen LogP contribution in [0.4, 0.5) is 24.9 Å². The number of carbonyl (C=O) groups is 1. The van der Waals surface area contributed by atoms with E-state index in [9.17, 15) is 18.0 Å². The number of nitrogens with two attached hydrogens (primary N) is 1. The second kappa shape index (κ2) is 6.57. The maximum absolute atomic E-state index is 12.7. The molecule has 1 aromatic rings. The van der Waals surface area contributed by atoms with Crippen molar-refractivity contribution in [1.29, 1.82) is 0 Å². The number of aromatic nitrogens is 2. The van der Waals surface area contributed by atoms with Crippen molar-refractivity contribution in [3.05, 3.63) is 11.8 Å². The van der Waals surface area contributed by atoms with Crippen molar-refractivity contribution in [3.8, 4) is 0 Å². The van der Waals surface area contributed by atoms with E-state index in [0.29, 0.717) is 6.07 Å². The fourth-order valence-corrected chi connectivity index (χ4v) is 1.51. The minimum absolute atomic E-state index is 0.186. The quantitative estimate of drug-likeness (QED) is 0.429. The Labute approximate surface area is 119 Å². The van der Waals surface area contributed by atoms with Gasteiger partial charge in [-0.1, -0.05) is 13.8 Å². The second-order valence-corrected chi connectivity index (χ2v) is 4.49. The average Bonchev–Trinajstić information content (AvgIpc) is 2.42. The molecule has 0 aromatic carbocycles. The van der Waals surface area contributed by atoms with Gasteiger partial charge in [-0.2, -0.15) is 18.2 Å². The fourth-order valence-electron chi connectivity index (χ4n) is 1.51. The summed E-state index contributed by atoms with van der Waals surface area (Å²) in [4.78, 5) is 18.6. The summed E-state index contributed by atoms with van der Waals surface area (Å²) in [6.07, 6.45) is -4.66. The van der Waals surface area contributed by atoms with Crippen LogP contribution in [0.5, 0.6) is 0 Å². The highest BCUT2D eigenvalue weighted by Gasteiger charge is 2.34. The molecular formula is C11H16F3N5O2. The molecule has 21 heavy (non-hydrogen) atoms. The molecule has 0 fully saturated rings. The lowest BCUT2D eigenvalue weighted by molar-refractivity contribution is -0.142. The van der Waals surface area contributed by atoms with E-state index in [2.05, 4.69) is 20.0 Å². The third kappa shape index (κ3) is 4.45. The zero-order chi connectivity index (χ0) is 16.2. The summed E-state index contributed by atoms with van der Waals surface area (Å²) in [6.45, 7) is 3.42. The topological polar surface area (TPSA) is 102 Å². The SMILES string of the molecule is COC(=O)C(Nc1cc(C(F)(F)F)nc(NN)n1)C(C)C. The van der Waals surface area contributed by atoms with Crippen LogP contribution in [0.1, 0.15) is 19.5 Å². The van der Waals surface area contributed by atoms with E-state index in [1.165, 1.54) is 7.11 Å². The van der Waals surface area contributed by atoms with E-state index in [1.54, 1.807) is 13.8 Å². The molecule has 0 bridgehead atoms. The number of rotatable bonds is 5. The van der Waals surface area contributed by atoms with Crippen molar-refractivity contribution in [1.82, 2.24) is 9.97 Å². The van der Waals surface area contributed by atoms with Gasteiger partial charge in [0.1, 0.15) is 11.9 Å². The van der Waals surface area contributed by atoms with E-state index in [1.807, 2.05) is 5.43 Å². The fraction of sp³-hybridized carbons (Fsp3) is 0.545. The molecule has 0 saturated carbocycles. The van der Waals surface area contributed by atoms with Crippen molar-refractivity contribution in [2.24, 2.45) is 11.8 Å². The Bertz CT molecular complexity index is 507. The third-order valence-corrected chi connectivity index (χ3v) is 2.57. The van der Waals surface area contributed by atoms with E-state index in [4.69, 9.17) is 5.84 Å². The van der Waals surface area contributed by atoms with Crippen molar-refractivity contribution < 1.29 is 22.7 Å². The van der Waals surface area contributed by atoms with Gasteiger partial charge in [0.15, 0.2) is 5.69 Å². The molecule has 1 aromatic heterocycles. The zero-order valence-electron chi connectivity index (χ0n) is 11.7. The molecule has 0 aliphatic carbocycles. The van der Waals surface area contributed by atoms with Crippen LogP contribution >= 0.6 is 0 Å². The Morgan fingerprint density at radius 3 is 2.43 bits per heavy atom. The first-order chi connectivity index (χ1) is 9.68. The van der Waals surface area contributed by atoms with E-state index in [0.717, 1.165) is 0 Å². The molecule has 0 spiro atoms. The van der Waals surface area contributed by atoms with Crippen LogP contribution in [0, 0.1) is 5.92 Å². The third-order valence-electron chi connectivity index (χ3n) is 2.57. The van der Waals surface area contributed by atoms with E-state index >= 15 is 0 Å². The highest BCUT2D eigenvalue weighted by atomic mass is 19.4. The Balaban J connectivity index is 3.14. The molecule has 7 nitrogen and oxygen atoms in total. The highest BCUT2D eigenvalue weighted by molar-refractivity contribution is 5.79. The summed E-state index contributed by atoms with van der Waals surface area (Å²) in [6, 6.07) is -0.157. The van der Waals surface area contributed by atoms with Gasteiger partial charge in [-0.15, -0.1) is 0 Å². The molecule has 1 rings (SSSR count). The number of anilines is 2. The normalized spacial score (nSPS) is 13.0. The van der Waals surface area contributed by atoms with Crippen molar-refractivity contribution in [2.45, 2.75) is 26.1 Å². The van der Waals surface area contributed by atoms with Gasteiger partial charge in [-0.05, 0) is 5.92 Å². The van der Waals surface area contributed by atoms with Crippen LogP contribution in [-0.4, -0.2) is 29.1 Å². The van der Waals surface area contributed by atoms with Crippen LogP contribution in [-0.2, 0) is 15.7 Å². The number of halogens is 3. The molecule has 1 heterocycles. The lowest BCUT2D eigenvalue weighted by atomic mass is 10.0. The molecule has 0 radical (unpaired) electrons. The molecule has 0 aliphatic heterocycles. The number of esters is 1. The van der Waals surface area contributed by atoms with Crippen LogP contribution in [0.25, 0.3) is 0 Å². The predicted molar refractivity (Wildman–Crippen MR) is 69.1 cm³/mol. The number of hydrazine groups is 1. The van der Waals surface area contributed by atoms with Crippen LogP contribution in [0.3, 0.4) is 0 Å². The Kier molecular flexibility index (Phi) is 5.30. The monoisotopic (exact) mass is 307 g/mol. The van der Waals surface area contributed by atoms with Gasteiger partial charge in [0.2, 0.25) is 5.95 Å². The number of hydrogen-bond acceptors (Lipinski definition) is 7. The van der Waals surface area contributed by atoms with Gasteiger partial charge in [0.25, 0.3) is 0 Å². The molecule has 118 valence electrons. The first-order valence-corrected chi connectivity index (χ1v) is 5.96.